The summed E-state index contributed by atoms with van der Waals surface area (Å²) in [5, 5.41) is 3.17. The second-order valence-electron chi connectivity index (χ2n) is 4.01. The summed E-state index contributed by atoms with van der Waals surface area (Å²) in [5.41, 5.74) is 1.02. The van der Waals surface area contributed by atoms with Crippen LogP contribution in [0.25, 0.3) is 0 Å². The highest BCUT2D eigenvalue weighted by Gasteiger charge is 2.21. The molecular weight excluding hydrogens is 208 g/mol. The average molecular weight is 226 g/mol. The molecule has 1 fully saturated rings. The lowest BCUT2D eigenvalue weighted by atomic mass is 10.0. The molecule has 2 rings (SSSR count). The van der Waals surface area contributed by atoms with Crippen LogP contribution >= 0.6 is 11.8 Å². The van der Waals surface area contributed by atoms with E-state index in [1.165, 1.54) is 24.3 Å². The second kappa shape index (κ2) is 5.03. The predicted octanol–water partition coefficient (Wildman–Crippen LogP) is 2.57. The van der Waals surface area contributed by atoms with Gasteiger partial charge in [0, 0.05) is 12.0 Å². The number of hydrogen-bond donors (Lipinski definition) is 1. The Balaban J connectivity index is 2.05. The number of thioether (sulfide) groups is 1. The number of nitrogens with zero attached hydrogens (tertiary/aromatic N) is 1. The van der Waals surface area contributed by atoms with Crippen LogP contribution in [0, 0.1) is 0 Å². The Hall–Kier alpha value is -0.480. The minimum atomic E-state index is 0.278. The maximum Gasteiger partial charge on any atom is 0.197 e. The van der Waals surface area contributed by atoms with Gasteiger partial charge < -0.3 is 9.73 Å². The zero-order valence-electron chi connectivity index (χ0n) is 9.32. The number of hydrogen-bond acceptors (Lipinski definition) is 4. The number of oxazole rings is 1. The van der Waals surface area contributed by atoms with E-state index in [0.717, 1.165) is 11.6 Å². The van der Waals surface area contributed by atoms with Crippen LogP contribution in [-0.2, 0) is 0 Å². The van der Waals surface area contributed by atoms with E-state index < -0.39 is 0 Å². The lowest BCUT2D eigenvalue weighted by Gasteiger charge is -2.17. The van der Waals surface area contributed by atoms with Gasteiger partial charge in [0.25, 0.3) is 0 Å². The average Bonchev–Trinajstić information content (AvgIpc) is 2.78. The number of aromatic nitrogens is 1. The summed E-state index contributed by atoms with van der Waals surface area (Å²) < 4.78 is 5.57. The first-order valence-corrected chi connectivity index (χ1v) is 6.67. The Labute approximate surface area is 95.0 Å². The molecular formula is C11H18N2OS. The van der Waals surface area contributed by atoms with Gasteiger partial charge in [-0.05, 0) is 38.3 Å². The third kappa shape index (κ3) is 2.55. The molecule has 0 saturated carbocycles. The van der Waals surface area contributed by atoms with Gasteiger partial charge in [0.2, 0.25) is 0 Å². The fourth-order valence-electron chi connectivity index (χ4n) is 1.78. The van der Waals surface area contributed by atoms with Crippen LogP contribution in [0.4, 0.5) is 0 Å². The largest absolute Gasteiger partial charge is 0.448 e. The maximum absolute atomic E-state index is 5.57. The molecule has 3 nitrogen and oxygen atoms in total. The van der Waals surface area contributed by atoms with Crippen LogP contribution in [-0.4, -0.2) is 23.5 Å². The van der Waals surface area contributed by atoms with Gasteiger partial charge in [-0.2, -0.15) is 11.8 Å². The molecule has 1 aromatic rings. The standard InChI is InChI=1S/C11H18N2OS/c1-8(12-2)10-7-14-11(13-10)9-3-5-15-6-4-9/h7-9,12H,3-6H2,1-2H3. The molecule has 0 spiro atoms. The molecule has 1 aliphatic rings. The van der Waals surface area contributed by atoms with Crippen molar-refractivity contribution in [2.75, 3.05) is 18.6 Å². The van der Waals surface area contributed by atoms with E-state index >= 15 is 0 Å². The first kappa shape index (κ1) is 11.0. The lowest BCUT2D eigenvalue weighted by molar-refractivity contribution is 0.430. The molecule has 0 aromatic carbocycles. The Morgan fingerprint density at radius 1 is 1.53 bits per heavy atom. The van der Waals surface area contributed by atoms with Crippen molar-refractivity contribution in [1.82, 2.24) is 10.3 Å². The molecule has 1 unspecified atom stereocenters. The summed E-state index contributed by atoms with van der Waals surface area (Å²) in [4.78, 5) is 4.57. The molecule has 2 heterocycles. The van der Waals surface area contributed by atoms with Crippen LogP contribution < -0.4 is 5.32 Å². The van der Waals surface area contributed by atoms with Crippen molar-refractivity contribution in [3.8, 4) is 0 Å². The van der Waals surface area contributed by atoms with E-state index in [4.69, 9.17) is 4.42 Å². The molecule has 1 aliphatic heterocycles. The number of nitrogens with one attached hydrogen (secondary N) is 1. The first-order valence-electron chi connectivity index (χ1n) is 5.51. The highest BCUT2D eigenvalue weighted by molar-refractivity contribution is 7.99. The van der Waals surface area contributed by atoms with Crippen molar-refractivity contribution in [3.63, 3.8) is 0 Å². The van der Waals surface area contributed by atoms with Gasteiger partial charge >= 0.3 is 0 Å². The van der Waals surface area contributed by atoms with Crippen molar-refractivity contribution in [1.29, 1.82) is 0 Å². The molecule has 15 heavy (non-hydrogen) atoms. The number of rotatable bonds is 3. The van der Waals surface area contributed by atoms with Crippen molar-refractivity contribution >= 4 is 11.8 Å². The fourth-order valence-corrected chi connectivity index (χ4v) is 2.89. The third-order valence-electron chi connectivity index (χ3n) is 2.99. The lowest BCUT2D eigenvalue weighted by Crippen LogP contribution is -2.13. The van der Waals surface area contributed by atoms with Crippen molar-refractivity contribution in [2.45, 2.75) is 31.7 Å². The molecule has 0 radical (unpaired) electrons. The second-order valence-corrected chi connectivity index (χ2v) is 5.23. The van der Waals surface area contributed by atoms with Gasteiger partial charge in [-0.25, -0.2) is 4.98 Å². The molecule has 1 N–H and O–H groups in total. The predicted molar refractivity (Wildman–Crippen MR) is 63.3 cm³/mol. The summed E-state index contributed by atoms with van der Waals surface area (Å²) in [7, 11) is 1.94. The zero-order chi connectivity index (χ0) is 10.7. The van der Waals surface area contributed by atoms with E-state index in [0.29, 0.717) is 5.92 Å². The quantitative estimate of drug-likeness (QED) is 0.859. The van der Waals surface area contributed by atoms with E-state index in [-0.39, 0.29) is 6.04 Å². The van der Waals surface area contributed by atoms with E-state index in [1.54, 1.807) is 6.26 Å². The molecule has 0 aliphatic carbocycles. The van der Waals surface area contributed by atoms with Crippen LogP contribution in [0.2, 0.25) is 0 Å². The Kier molecular flexibility index (Phi) is 3.70. The minimum Gasteiger partial charge on any atom is -0.448 e. The van der Waals surface area contributed by atoms with Gasteiger partial charge in [-0.15, -0.1) is 0 Å². The van der Waals surface area contributed by atoms with E-state index in [9.17, 15) is 0 Å². The SMILES string of the molecule is CNC(C)c1coc(C2CCSCC2)n1. The maximum atomic E-state index is 5.57. The minimum absolute atomic E-state index is 0.278. The van der Waals surface area contributed by atoms with E-state index in [1.807, 2.05) is 18.8 Å². The summed E-state index contributed by atoms with van der Waals surface area (Å²) in [6.07, 6.45) is 4.20. The smallest absolute Gasteiger partial charge is 0.197 e. The summed E-state index contributed by atoms with van der Waals surface area (Å²) >= 11 is 2.03. The summed E-state index contributed by atoms with van der Waals surface area (Å²) in [6.45, 7) is 2.10. The van der Waals surface area contributed by atoms with Gasteiger partial charge in [-0.3, -0.25) is 0 Å². The highest BCUT2D eigenvalue weighted by Crippen LogP contribution is 2.31. The monoisotopic (exact) mass is 226 g/mol. The normalized spacial score (nSPS) is 20.4. The molecule has 4 heteroatoms. The summed E-state index contributed by atoms with van der Waals surface area (Å²) in [5.74, 6) is 3.96. The molecule has 84 valence electrons. The Morgan fingerprint density at radius 3 is 2.93 bits per heavy atom. The Bertz CT molecular complexity index is 307. The van der Waals surface area contributed by atoms with Gasteiger partial charge in [0.1, 0.15) is 6.26 Å². The molecule has 0 amide bonds. The zero-order valence-corrected chi connectivity index (χ0v) is 10.1. The Morgan fingerprint density at radius 2 is 2.27 bits per heavy atom. The summed E-state index contributed by atoms with van der Waals surface area (Å²) in [6, 6.07) is 0.278. The fraction of sp³-hybridized carbons (Fsp3) is 0.727. The molecule has 1 atom stereocenters. The van der Waals surface area contributed by atoms with E-state index in [2.05, 4.69) is 17.2 Å². The van der Waals surface area contributed by atoms with Crippen LogP contribution in [0.3, 0.4) is 0 Å². The molecule has 1 aromatic heterocycles. The van der Waals surface area contributed by atoms with Crippen molar-refractivity contribution in [2.24, 2.45) is 0 Å². The molecule has 0 bridgehead atoms. The van der Waals surface area contributed by atoms with Crippen LogP contribution in [0.5, 0.6) is 0 Å². The van der Waals surface area contributed by atoms with Crippen molar-refractivity contribution in [3.05, 3.63) is 17.8 Å². The van der Waals surface area contributed by atoms with Gasteiger partial charge in [-0.1, -0.05) is 0 Å². The van der Waals surface area contributed by atoms with Crippen molar-refractivity contribution < 1.29 is 4.42 Å². The van der Waals surface area contributed by atoms with Crippen LogP contribution in [0.15, 0.2) is 10.7 Å². The third-order valence-corrected chi connectivity index (χ3v) is 4.04. The highest BCUT2D eigenvalue weighted by atomic mass is 32.2. The molecule has 1 saturated heterocycles. The van der Waals surface area contributed by atoms with Crippen LogP contribution in [0.1, 0.15) is 43.3 Å². The topological polar surface area (TPSA) is 38.1 Å². The van der Waals surface area contributed by atoms with Gasteiger partial charge in [0.05, 0.1) is 5.69 Å². The van der Waals surface area contributed by atoms with Gasteiger partial charge in [0.15, 0.2) is 5.89 Å². The first-order chi connectivity index (χ1) is 7.31.